The van der Waals surface area contributed by atoms with Crippen molar-refractivity contribution < 1.29 is 0 Å². The first kappa shape index (κ1) is 25.0. The summed E-state index contributed by atoms with van der Waals surface area (Å²) in [6.07, 6.45) is 0. The first-order valence-corrected chi connectivity index (χ1v) is 17.5. The van der Waals surface area contributed by atoms with Crippen molar-refractivity contribution in [2.45, 2.75) is 0 Å². The van der Waals surface area contributed by atoms with E-state index in [2.05, 4.69) is 187 Å². The fraction of sp³-hybridized carbons (Fsp3) is 0. The van der Waals surface area contributed by atoms with Gasteiger partial charge in [0.05, 0.1) is 0 Å². The Hall–Kier alpha value is -4.29. The average molecular weight is 534 g/mol. The monoisotopic (exact) mass is 533 g/mol. The molecule has 39 heavy (non-hydrogen) atoms. The van der Waals surface area contributed by atoms with Crippen LogP contribution in [0.2, 0.25) is 0 Å². The number of rotatable bonds is 8. The summed E-state index contributed by atoms with van der Waals surface area (Å²) >= 11 is 0. The van der Waals surface area contributed by atoms with Crippen molar-refractivity contribution in [1.29, 1.82) is 0 Å². The van der Waals surface area contributed by atoms with Crippen LogP contribution in [0.5, 0.6) is 0 Å². The SMILES string of the molecule is c1ccc([Si](N[Si](c2ccccc2)(c2ccccc2)c2ccccc2)(c2ccccc2)c2ccccc2)cc1. The van der Waals surface area contributed by atoms with E-state index in [0.717, 1.165) is 0 Å². The molecule has 0 heterocycles. The average Bonchev–Trinajstić information content (AvgIpc) is 3.04. The minimum Gasteiger partial charge on any atom is -0.338 e. The molecule has 0 aromatic heterocycles. The largest absolute Gasteiger partial charge is 0.338 e. The molecule has 3 heteroatoms. The van der Waals surface area contributed by atoms with Crippen LogP contribution in [-0.2, 0) is 0 Å². The van der Waals surface area contributed by atoms with Crippen LogP contribution >= 0.6 is 0 Å². The molecule has 6 rings (SSSR count). The van der Waals surface area contributed by atoms with Crippen LogP contribution in [0.15, 0.2) is 182 Å². The molecule has 6 aromatic rings. The summed E-state index contributed by atoms with van der Waals surface area (Å²) in [6.45, 7) is 0. The lowest BCUT2D eigenvalue weighted by atomic mass is 10.3. The Morgan fingerprint density at radius 3 is 0.538 bits per heavy atom. The molecule has 0 aliphatic rings. The second-order valence-corrected chi connectivity index (χ2v) is 17.3. The fourth-order valence-corrected chi connectivity index (χ4v) is 17.7. The van der Waals surface area contributed by atoms with Crippen LogP contribution < -0.4 is 35.8 Å². The van der Waals surface area contributed by atoms with Crippen molar-refractivity contribution >= 4 is 47.6 Å². The van der Waals surface area contributed by atoms with E-state index in [-0.39, 0.29) is 0 Å². The Balaban J connectivity index is 1.76. The van der Waals surface area contributed by atoms with Gasteiger partial charge in [-0.1, -0.05) is 182 Å². The Labute approximate surface area is 233 Å². The summed E-state index contributed by atoms with van der Waals surface area (Å²) in [5.41, 5.74) is 0. The summed E-state index contributed by atoms with van der Waals surface area (Å²) in [7, 11) is -5.59. The lowest BCUT2D eigenvalue weighted by molar-refractivity contribution is 1.40. The highest BCUT2D eigenvalue weighted by molar-refractivity contribution is 7.22. The molecule has 0 aliphatic heterocycles. The molecule has 0 amide bonds. The maximum absolute atomic E-state index is 4.66. The Morgan fingerprint density at radius 2 is 0.385 bits per heavy atom. The smallest absolute Gasteiger partial charge is 0.216 e. The number of hydrogen-bond acceptors (Lipinski definition) is 1. The maximum Gasteiger partial charge on any atom is 0.216 e. The van der Waals surface area contributed by atoms with E-state index >= 15 is 0 Å². The molecular weight excluding hydrogens is 503 g/mol. The highest BCUT2D eigenvalue weighted by Crippen LogP contribution is 2.13. The first-order chi connectivity index (χ1) is 19.3. The van der Waals surface area contributed by atoms with Crippen molar-refractivity contribution in [3.63, 3.8) is 0 Å². The van der Waals surface area contributed by atoms with Crippen LogP contribution in [0.4, 0.5) is 0 Å². The van der Waals surface area contributed by atoms with Gasteiger partial charge in [-0.05, 0) is 31.1 Å². The van der Waals surface area contributed by atoms with Gasteiger partial charge >= 0.3 is 0 Å². The first-order valence-electron chi connectivity index (χ1n) is 13.5. The van der Waals surface area contributed by atoms with E-state index in [1.54, 1.807) is 0 Å². The molecule has 0 bridgehead atoms. The van der Waals surface area contributed by atoms with Crippen molar-refractivity contribution in [2.75, 3.05) is 0 Å². The predicted molar refractivity (Wildman–Crippen MR) is 171 cm³/mol. The molecule has 0 spiro atoms. The molecule has 0 saturated heterocycles. The number of nitrogens with one attached hydrogen (secondary N) is 1. The summed E-state index contributed by atoms with van der Waals surface area (Å²) in [6, 6.07) is 66.7. The van der Waals surface area contributed by atoms with E-state index in [1.807, 2.05) is 0 Å². The summed E-state index contributed by atoms with van der Waals surface area (Å²) in [5, 5.41) is 8.09. The van der Waals surface area contributed by atoms with Gasteiger partial charge in [0.2, 0.25) is 16.5 Å². The minimum absolute atomic E-state index is 1.35. The molecule has 0 radical (unpaired) electrons. The molecule has 6 aromatic carbocycles. The van der Waals surface area contributed by atoms with Crippen LogP contribution in [-0.4, -0.2) is 16.5 Å². The summed E-state index contributed by atoms with van der Waals surface area (Å²) in [5.74, 6) is 0. The van der Waals surface area contributed by atoms with Crippen LogP contribution in [0.3, 0.4) is 0 Å². The standard InChI is InChI=1S/C36H31NSi2/c1-7-19-31(20-8-1)38(32-21-9-2-10-22-32,33-23-11-3-12-24-33)37-39(34-25-13-4-14-26-34,35-27-15-5-16-28-35)36-29-17-6-18-30-36/h1-30,37H. The number of benzene rings is 6. The quantitative estimate of drug-likeness (QED) is 0.231. The lowest BCUT2D eigenvalue weighted by Gasteiger charge is -2.44. The summed E-state index contributed by atoms with van der Waals surface area (Å²) in [4.78, 5) is 0. The minimum atomic E-state index is -2.80. The van der Waals surface area contributed by atoms with Crippen LogP contribution in [0, 0.1) is 0 Å². The normalized spacial score (nSPS) is 11.7. The molecule has 1 nitrogen and oxygen atoms in total. The van der Waals surface area contributed by atoms with E-state index < -0.39 is 16.5 Å². The zero-order valence-corrected chi connectivity index (χ0v) is 23.8. The third-order valence-electron chi connectivity index (χ3n) is 7.62. The zero-order valence-electron chi connectivity index (χ0n) is 21.8. The Bertz CT molecular complexity index is 1270. The number of hydrogen-bond donors (Lipinski definition) is 1. The fourth-order valence-electron chi connectivity index (χ4n) is 5.84. The Kier molecular flexibility index (Phi) is 7.20. The van der Waals surface area contributed by atoms with E-state index in [9.17, 15) is 0 Å². The van der Waals surface area contributed by atoms with E-state index in [4.69, 9.17) is 0 Å². The maximum atomic E-state index is 4.66. The molecule has 0 aliphatic carbocycles. The highest BCUT2D eigenvalue weighted by atomic mass is 28.4. The molecule has 1 N–H and O–H groups in total. The predicted octanol–water partition coefficient (Wildman–Crippen LogP) is 3.91. The van der Waals surface area contributed by atoms with Gasteiger partial charge in [-0.15, -0.1) is 0 Å². The van der Waals surface area contributed by atoms with E-state index in [0.29, 0.717) is 0 Å². The summed E-state index contributed by atoms with van der Waals surface area (Å²) < 4.78 is 4.66. The Morgan fingerprint density at radius 1 is 0.231 bits per heavy atom. The third kappa shape index (κ3) is 4.62. The van der Waals surface area contributed by atoms with Crippen molar-refractivity contribution in [3.05, 3.63) is 182 Å². The van der Waals surface area contributed by atoms with Gasteiger partial charge in [0.25, 0.3) is 0 Å². The molecule has 0 atom stereocenters. The van der Waals surface area contributed by atoms with Gasteiger partial charge in [-0.3, -0.25) is 0 Å². The van der Waals surface area contributed by atoms with Gasteiger partial charge < -0.3 is 4.65 Å². The van der Waals surface area contributed by atoms with Gasteiger partial charge in [0.15, 0.2) is 0 Å². The zero-order chi connectivity index (χ0) is 26.4. The van der Waals surface area contributed by atoms with Crippen molar-refractivity contribution in [1.82, 2.24) is 4.65 Å². The topological polar surface area (TPSA) is 12.0 Å². The van der Waals surface area contributed by atoms with Crippen LogP contribution in [0.25, 0.3) is 0 Å². The van der Waals surface area contributed by atoms with Gasteiger partial charge in [-0.25, -0.2) is 0 Å². The molecule has 0 fully saturated rings. The molecular formula is C36H31NSi2. The van der Waals surface area contributed by atoms with Gasteiger partial charge in [0, 0.05) is 0 Å². The molecule has 0 unspecified atom stereocenters. The van der Waals surface area contributed by atoms with Gasteiger partial charge in [0.1, 0.15) is 0 Å². The highest BCUT2D eigenvalue weighted by Gasteiger charge is 2.50. The second kappa shape index (κ2) is 11.2. The molecule has 0 saturated carbocycles. The lowest BCUT2D eigenvalue weighted by Crippen LogP contribution is -2.89. The van der Waals surface area contributed by atoms with Gasteiger partial charge in [-0.2, -0.15) is 0 Å². The third-order valence-corrected chi connectivity index (χ3v) is 17.8. The second-order valence-electron chi connectivity index (χ2n) is 9.82. The van der Waals surface area contributed by atoms with E-state index in [1.165, 1.54) is 31.1 Å². The van der Waals surface area contributed by atoms with Crippen molar-refractivity contribution in [3.8, 4) is 0 Å². The van der Waals surface area contributed by atoms with Crippen molar-refractivity contribution in [2.24, 2.45) is 0 Å². The van der Waals surface area contributed by atoms with Crippen LogP contribution in [0.1, 0.15) is 0 Å². The molecule has 188 valence electrons.